The normalized spacial score (nSPS) is 17.2. The van der Waals surface area contributed by atoms with E-state index in [9.17, 15) is 4.79 Å². The molecule has 0 amide bonds. The highest BCUT2D eigenvalue weighted by atomic mass is 17.2. The molecule has 0 spiro atoms. The minimum absolute atomic E-state index is 0.186. The molecule has 1 saturated carbocycles. The second-order valence-electron chi connectivity index (χ2n) is 7.19. The molecule has 3 heterocycles. The predicted molar refractivity (Wildman–Crippen MR) is 95.7 cm³/mol. The van der Waals surface area contributed by atoms with Crippen LogP contribution in [0.5, 0.6) is 17.2 Å². The Kier molecular flexibility index (Phi) is 3.05. The summed E-state index contributed by atoms with van der Waals surface area (Å²) in [7, 11) is 0. The first-order chi connectivity index (χ1) is 13.3. The third-order valence-corrected chi connectivity index (χ3v) is 5.32. The quantitative estimate of drug-likeness (QED) is 0.665. The monoisotopic (exact) mass is 364 g/mol. The Labute approximate surface area is 154 Å². The fourth-order valence-electron chi connectivity index (χ4n) is 3.67. The zero-order valence-corrected chi connectivity index (χ0v) is 14.4. The summed E-state index contributed by atoms with van der Waals surface area (Å²) in [5, 5.41) is 0.860. The molecule has 0 saturated heterocycles. The second-order valence-corrected chi connectivity index (χ2v) is 7.19. The average molecular weight is 364 g/mol. The third kappa shape index (κ3) is 2.39. The van der Waals surface area contributed by atoms with Crippen LogP contribution in [0.1, 0.15) is 18.4 Å². The zero-order chi connectivity index (χ0) is 18.0. The van der Waals surface area contributed by atoms with Gasteiger partial charge in [-0.25, -0.2) is 4.79 Å². The minimum atomic E-state index is -0.249. The maximum atomic E-state index is 12.8. The third-order valence-electron chi connectivity index (χ3n) is 5.32. The van der Waals surface area contributed by atoms with Crippen molar-refractivity contribution in [2.24, 2.45) is 5.92 Å². The van der Waals surface area contributed by atoms with Gasteiger partial charge in [0, 0.05) is 29.1 Å². The summed E-state index contributed by atoms with van der Waals surface area (Å²) >= 11 is 0. The maximum absolute atomic E-state index is 12.8. The largest absolute Gasteiger partial charge is 0.454 e. The van der Waals surface area contributed by atoms with E-state index >= 15 is 0 Å². The lowest BCUT2D eigenvalue weighted by molar-refractivity contribution is -0.194. The number of benzene rings is 2. The minimum Gasteiger partial charge on any atom is -0.454 e. The molecule has 3 aliphatic rings. The van der Waals surface area contributed by atoms with Gasteiger partial charge in [-0.15, -0.1) is 0 Å². The highest BCUT2D eigenvalue weighted by Gasteiger charge is 2.26. The van der Waals surface area contributed by atoms with Crippen molar-refractivity contribution in [1.82, 2.24) is 9.55 Å². The number of hydrogen-bond acceptors (Lipinski definition) is 6. The van der Waals surface area contributed by atoms with Crippen LogP contribution in [0.15, 0.2) is 35.1 Å². The molecular weight excluding hydrogens is 348 g/mol. The van der Waals surface area contributed by atoms with Gasteiger partial charge in [0.1, 0.15) is 6.61 Å². The molecule has 0 atom stereocenters. The first-order valence-electron chi connectivity index (χ1n) is 9.03. The van der Waals surface area contributed by atoms with Crippen molar-refractivity contribution in [3.63, 3.8) is 0 Å². The van der Waals surface area contributed by atoms with Gasteiger partial charge in [-0.1, -0.05) is 12.1 Å². The number of aromatic nitrogens is 2. The second kappa shape index (κ2) is 5.47. The van der Waals surface area contributed by atoms with E-state index in [1.165, 1.54) is 0 Å². The van der Waals surface area contributed by atoms with Crippen LogP contribution >= 0.6 is 0 Å². The molecule has 2 aliphatic heterocycles. The highest BCUT2D eigenvalue weighted by Crippen LogP contribution is 2.40. The number of hydrogen-bond donors (Lipinski definition) is 0. The molecule has 1 aromatic heterocycles. The van der Waals surface area contributed by atoms with Crippen molar-refractivity contribution in [1.29, 1.82) is 0 Å². The van der Waals surface area contributed by atoms with E-state index < -0.39 is 0 Å². The van der Waals surface area contributed by atoms with Gasteiger partial charge in [0.05, 0.1) is 11.2 Å². The Hall–Kier alpha value is -3.06. The van der Waals surface area contributed by atoms with E-state index in [0.29, 0.717) is 42.0 Å². The Morgan fingerprint density at radius 1 is 1.07 bits per heavy atom. The van der Waals surface area contributed by atoms with Crippen LogP contribution in [-0.2, 0) is 18.0 Å². The molecule has 7 nitrogen and oxygen atoms in total. The maximum Gasteiger partial charge on any atom is 0.348 e. The number of ether oxygens (including phenoxy) is 2. The summed E-state index contributed by atoms with van der Waals surface area (Å²) in [5.74, 6) is 2.54. The average Bonchev–Trinajstić information content (AvgIpc) is 3.18. The van der Waals surface area contributed by atoms with Gasteiger partial charge < -0.3 is 14.4 Å². The lowest BCUT2D eigenvalue weighted by Gasteiger charge is -2.13. The molecule has 2 aromatic carbocycles. The van der Waals surface area contributed by atoms with Crippen molar-refractivity contribution in [2.75, 3.05) is 6.79 Å². The van der Waals surface area contributed by atoms with Crippen LogP contribution < -0.4 is 20.1 Å². The highest BCUT2D eigenvalue weighted by molar-refractivity contribution is 5.95. The van der Waals surface area contributed by atoms with Crippen molar-refractivity contribution < 1.29 is 19.2 Å². The molecule has 1 fully saturated rings. The molecule has 27 heavy (non-hydrogen) atoms. The standard InChI is InChI=1S/C20H16N2O5/c23-20-21-19(12-3-4-13-9-26-27-16(13)5-12)14-6-17-18(25-10-24-17)7-15(14)22(20)8-11-1-2-11/h3-7,11H,1-2,8-10H2. The number of fused-ring (bicyclic) bond motifs is 3. The molecule has 1 aliphatic carbocycles. The molecule has 7 heteroatoms. The van der Waals surface area contributed by atoms with Gasteiger partial charge in [-0.2, -0.15) is 9.87 Å². The SMILES string of the molecule is O=c1nc(-c2ccc3c(c2)OOC3)c2cc3c(cc2n1CC1CC1)OCO3. The molecule has 6 rings (SSSR count). The number of rotatable bonds is 3. The molecule has 3 aromatic rings. The van der Waals surface area contributed by atoms with Gasteiger partial charge >= 0.3 is 5.69 Å². The molecule has 0 bridgehead atoms. The van der Waals surface area contributed by atoms with E-state index in [2.05, 4.69) is 4.98 Å². The summed E-state index contributed by atoms with van der Waals surface area (Å²) in [5.41, 5.74) is 2.96. The van der Waals surface area contributed by atoms with Gasteiger partial charge in [-0.05, 0) is 30.9 Å². The smallest absolute Gasteiger partial charge is 0.348 e. The first-order valence-corrected chi connectivity index (χ1v) is 9.03. The van der Waals surface area contributed by atoms with Gasteiger partial charge in [-0.3, -0.25) is 4.57 Å². The summed E-state index contributed by atoms with van der Waals surface area (Å²) in [6.07, 6.45) is 2.31. The topological polar surface area (TPSA) is 71.8 Å². The Balaban J connectivity index is 1.61. The van der Waals surface area contributed by atoms with Crippen LogP contribution in [0.3, 0.4) is 0 Å². The summed E-state index contributed by atoms with van der Waals surface area (Å²) < 4.78 is 12.8. The van der Waals surface area contributed by atoms with E-state index in [1.807, 2.05) is 30.3 Å². The molecule has 136 valence electrons. The molecular formula is C20H16N2O5. The van der Waals surface area contributed by atoms with Crippen molar-refractivity contribution in [3.8, 4) is 28.5 Å². The van der Waals surface area contributed by atoms with Crippen LogP contribution in [0.25, 0.3) is 22.2 Å². The van der Waals surface area contributed by atoms with E-state index in [4.69, 9.17) is 19.2 Å². The predicted octanol–water partition coefficient (Wildman–Crippen LogP) is 3.03. The fourth-order valence-corrected chi connectivity index (χ4v) is 3.67. The van der Waals surface area contributed by atoms with Crippen LogP contribution in [-0.4, -0.2) is 16.3 Å². The first kappa shape index (κ1) is 15.0. The lowest BCUT2D eigenvalue weighted by atomic mass is 10.0. The van der Waals surface area contributed by atoms with Gasteiger partial charge in [0.2, 0.25) is 6.79 Å². The van der Waals surface area contributed by atoms with Crippen molar-refractivity contribution in [2.45, 2.75) is 26.0 Å². The Morgan fingerprint density at radius 3 is 2.78 bits per heavy atom. The van der Waals surface area contributed by atoms with Crippen LogP contribution in [0.2, 0.25) is 0 Å². The fraction of sp³-hybridized carbons (Fsp3) is 0.300. The van der Waals surface area contributed by atoms with Gasteiger partial charge in [0.15, 0.2) is 17.2 Å². The zero-order valence-electron chi connectivity index (χ0n) is 14.4. The van der Waals surface area contributed by atoms with Crippen molar-refractivity contribution >= 4 is 10.9 Å². The lowest BCUT2D eigenvalue weighted by Crippen LogP contribution is -2.25. The summed E-state index contributed by atoms with van der Waals surface area (Å²) in [6.45, 7) is 1.29. The van der Waals surface area contributed by atoms with Crippen LogP contribution in [0, 0.1) is 5.92 Å². The summed E-state index contributed by atoms with van der Waals surface area (Å²) in [4.78, 5) is 27.5. The summed E-state index contributed by atoms with van der Waals surface area (Å²) in [6, 6.07) is 9.54. The molecule has 0 unspecified atom stereocenters. The Bertz CT molecular complexity index is 1150. The van der Waals surface area contributed by atoms with E-state index in [0.717, 1.165) is 34.9 Å². The number of nitrogens with zero attached hydrogens (tertiary/aromatic N) is 2. The van der Waals surface area contributed by atoms with Gasteiger partial charge in [0.25, 0.3) is 0 Å². The molecule has 0 radical (unpaired) electrons. The van der Waals surface area contributed by atoms with Crippen molar-refractivity contribution in [3.05, 3.63) is 46.4 Å². The van der Waals surface area contributed by atoms with Crippen LogP contribution in [0.4, 0.5) is 0 Å². The molecule has 0 N–H and O–H groups in total. The van der Waals surface area contributed by atoms with E-state index in [-0.39, 0.29) is 12.5 Å². The van der Waals surface area contributed by atoms with E-state index in [1.54, 1.807) is 4.57 Å². The Morgan fingerprint density at radius 2 is 1.93 bits per heavy atom.